The Morgan fingerprint density at radius 3 is 2.85 bits per heavy atom. The van der Waals surface area contributed by atoms with Crippen LogP contribution >= 0.6 is 15.9 Å². The molecule has 0 aliphatic carbocycles. The number of carbonyl (C=O) groups excluding carboxylic acids is 1. The lowest BCUT2D eigenvalue weighted by atomic mass is 10.3. The number of carbonyl (C=O) groups is 1. The van der Waals surface area contributed by atoms with E-state index in [0.717, 1.165) is 22.4 Å². The highest BCUT2D eigenvalue weighted by atomic mass is 79.9. The van der Waals surface area contributed by atoms with E-state index in [4.69, 9.17) is 4.74 Å². The molecule has 0 aromatic carbocycles. The van der Waals surface area contributed by atoms with E-state index in [1.54, 1.807) is 7.11 Å². The molecule has 1 heterocycles. The van der Waals surface area contributed by atoms with Gasteiger partial charge < -0.3 is 15.4 Å². The number of aromatic nitrogens is 2. The number of nitrogens with zero attached hydrogens (tertiary/aromatic N) is 2. The van der Waals surface area contributed by atoms with Crippen molar-refractivity contribution in [2.24, 2.45) is 0 Å². The SMILES string of the molecule is CCn1nc(C)c(Br)c1CNC(C)C(=O)NCCOC. The molecule has 1 rings (SSSR count). The quantitative estimate of drug-likeness (QED) is 0.694. The smallest absolute Gasteiger partial charge is 0.236 e. The van der Waals surface area contributed by atoms with Crippen LogP contribution in [0.1, 0.15) is 25.2 Å². The second-order valence-electron chi connectivity index (χ2n) is 4.55. The Bertz CT molecular complexity index is 448. The summed E-state index contributed by atoms with van der Waals surface area (Å²) >= 11 is 3.54. The van der Waals surface area contributed by atoms with Gasteiger partial charge in [-0.25, -0.2) is 0 Å². The molecule has 0 aliphatic rings. The maximum Gasteiger partial charge on any atom is 0.236 e. The first kappa shape index (κ1) is 17.1. The number of aryl methyl sites for hydroxylation is 2. The number of halogens is 1. The fraction of sp³-hybridized carbons (Fsp3) is 0.692. The first-order valence-corrected chi connectivity index (χ1v) is 7.52. The van der Waals surface area contributed by atoms with Gasteiger partial charge in [-0.1, -0.05) is 0 Å². The number of nitrogens with one attached hydrogen (secondary N) is 2. The van der Waals surface area contributed by atoms with Crippen molar-refractivity contribution < 1.29 is 9.53 Å². The van der Waals surface area contributed by atoms with Crippen LogP contribution < -0.4 is 10.6 Å². The van der Waals surface area contributed by atoms with Gasteiger partial charge in [-0.05, 0) is 36.7 Å². The molecule has 0 saturated carbocycles. The van der Waals surface area contributed by atoms with E-state index >= 15 is 0 Å². The molecule has 0 aliphatic heterocycles. The van der Waals surface area contributed by atoms with Crippen molar-refractivity contribution >= 4 is 21.8 Å². The van der Waals surface area contributed by atoms with Gasteiger partial charge in [0.05, 0.1) is 28.5 Å². The van der Waals surface area contributed by atoms with E-state index < -0.39 is 0 Å². The number of hydrogen-bond donors (Lipinski definition) is 2. The molecule has 0 fully saturated rings. The van der Waals surface area contributed by atoms with Crippen LogP contribution in [0, 0.1) is 6.92 Å². The molecule has 6 nitrogen and oxygen atoms in total. The van der Waals surface area contributed by atoms with Crippen LogP contribution in [0.4, 0.5) is 0 Å². The lowest BCUT2D eigenvalue weighted by Crippen LogP contribution is -2.43. The summed E-state index contributed by atoms with van der Waals surface area (Å²) in [4.78, 5) is 11.8. The molecule has 1 amide bonds. The fourth-order valence-corrected chi connectivity index (χ4v) is 2.23. The molecular formula is C13H23BrN4O2. The molecule has 1 unspecified atom stereocenters. The van der Waals surface area contributed by atoms with Crippen LogP contribution in [-0.2, 0) is 22.6 Å². The van der Waals surface area contributed by atoms with E-state index in [1.165, 1.54) is 0 Å². The summed E-state index contributed by atoms with van der Waals surface area (Å²) in [5.74, 6) is -0.0301. The Balaban J connectivity index is 2.52. The number of amides is 1. The van der Waals surface area contributed by atoms with Crippen LogP contribution in [0.3, 0.4) is 0 Å². The second kappa shape index (κ2) is 8.39. The van der Waals surface area contributed by atoms with Crippen LogP contribution in [0.2, 0.25) is 0 Å². The molecule has 0 spiro atoms. The van der Waals surface area contributed by atoms with Crippen LogP contribution in [0.15, 0.2) is 4.47 Å². The number of hydrogen-bond acceptors (Lipinski definition) is 4. The van der Waals surface area contributed by atoms with Gasteiger partial charge in [-0.3, -0.25) is 9.48 Å². The summed E-state index contributed by atoms with van der Waals surface area (Å²) < 4.78 is 7.83. The maximum absolute atomic E-state index is 11.8. The summed E-state index contributed by atoms with van der Waals surface area (Å²) in [6.07, 6.45) is 0. The van der Waals surface area contributed by atoms with Gasteiger partial charge in [0.1, 0.15) is 0 Å². The summed E-state index contributed by atoms with van der Waals surface area (Å²) in [5.41, 5.74) is 2.02. The minimum atomic E-state index is -0.265. The molecule has 0 bridgehead atoms. The maximum atomic E-state index is 11.8. The zero-order valence-electron chi connectivity index (χ0n) is 12.5. The van der Waals surface area contributed by atoms with Crippen molar-refractivity contribution in [3.63, 3.8) is 0 Å². The largest absolute Gasteiger partial charge is 0.383 e. The van der Waals surface area contributed by atoms with E-state index in [1.807, 2.05) is 25.5 Å². The van der Waals surface area contributed by atoms with Gasteiger partial charge in [0.2, 0.25) is 5.91 Å². The average Bonchev–Trinajstić information content (AvgIpc) is 2.71. The molecular weight excluding hydrogens is 324 g/mol. The van der Waals surface area contributed by atoms with Gasteiger partial charge in [0.15, 0.2) is 0 Å². The molecule has 0 radical (unpaired) electrons. The van der Waals surface area contributed by atoms with Crippen LogP contribution in [-0.4, -0.2) is 42.0 Å². The minimum absolute atomic E-state index is 0.0301. The van der Waals surface area contributed by atoms with E-state index in [-0.39, 0.29) is 11.9 Å². The highest BCUT2D eigenvalue weighted by Crippen LogP contribution is 2.20. The monoisotopic (exact) mass is 346 g/mol. The van der Waals surface area contributed by atoms with Crippen molar-refractivity contribution in [2.75, 3.05) is 20.3 Å². The summed E-state index contributed by atoms with van der Waals surface area (Å²) in [6, 6.07) is -0.265. The highest BCUT2D eigenvalue weighted by molar-refractivity contribution is 9.10. The number of ether oxygens (including phenoxy) is 1. The lowest BCUT2D eigenvalue weighted by molar-refractivity contribution is -0.123. The summed E-state index contributed by atoms with van der Waals surface area (Å²) in [5, 5.41) is 10.4. The van der Waals surface area contributed by atoms with E-state index in [0.29, 0.717) is 19.7 Å². The van der Waals surface area contributed by atoms with E-state index in [9.17, 15) is 4.79 Å². The van der Waals surface area contributed by atoms with Crippen LogP contribution in [0.25, 0.3) is 0 Å². The third-order valence-corrected chi connectivity index (χ3v) is 4.06. The molecule has 1 aromatic heterocycles. The lowest BCUT2D eigenvalue weighted by Gasteiger charge is -2.14. The van der Waals surface area contributed by atoms with Crippen molar-refractivity contribution in [3.8, 4) is 0 Å². The van der Waals surface area contributed by atoms with Gasteiger partial charge in [-0.2, -0.15) is 5.10 Å². The molecule has 114 valence electrons. The third kappa shape index (κ3) is 4.57. The van der Waals surface area contributed by atoms with E-state index in [2.05, 4.69) is 31.7 Å². The zero-order valence-corrected chi connectivity index (χ0v) is 14.1. The Kier molecular flexibility index (Phi) is 7.18. The van der Waals surface area contributed by atoms with Gasteiger partial charge in [0.25, 0.3) is 0 Å². The molecule has 1 atom stereocenters. The highest BCUT2D eigenvalue weighted by Gasteiger charge is 2.16. The Hall–Kier alpha value is -0.920. The Morgan fingerprint density at radius 2 is 2.25 bits per heavy atom. The average molecular weight is 347 g/mol. The standard InChI is InChI=1S/C13H23BrN4O2/c1-5-18-11(12(14)9(2)17-18)8-16-10(3)13(19)15-6-7-20-4/h10,16H,5-8H2,1-4H3,(H,15,19). The summed E-state index contributed by atoms with van der Waals surface area (Å²) in [6.45, 7) is 8.29. The predicted molar refractivity (Wildman–Crippen MR) is 81.5 cm³/mol. The third-order valence-electron chi connectivity index (χ3n) is 3.03. The van der Waals surface area contributed by atoms with Crippen molar-refractivity contribution in [3.05, 3.63) is 15.9 Å². The Labute approximate surface area is 128 Å². The van der Waals surface area contributed by atoms with Gasteiger partial charge in [0, 0.05) is 26.7 Å². The molecule has 0 saturated heterocycles. The van der Waals surface area contributed by atoms with Gasteiger partial charge >= 0.3 is 0 Å². The first-order chi connectivity index (χ1) is 9.51. The molecule has 1 aromatic rings. The first-order valence-electron chi connectivity index (χ1n) is 6.73. The zero-order chi connectivity index (χ0) is 15.1. The van der Waals surface area contributed by atoms with Gasteiger partial charge in [-0.15, -0.1) is 0 Å². The minimum Gasteiger partial charge on any atom is -0.383 e. The van der Waals surface area contributed by atoms with Crippen molar-refractivity contribution in [2.45, 2.75) is 39.9 Å². The van der Waals surface area contributed by atoms with Crippen molar-refractivity contribution in [1.82, 2.24) is 20.4 Å². The topological polar surface area (TPSA) is 68.2 Å². The number of rotatable bonds is 8. The fourth-order valence-electron chi connectivity index (χ4n) is 1.81. The summed E-state index contributed by atoms with van der Waals surface area (Å²) in [7, 11) is 1.61. The van der Waals surface area contributed by atoms with Crippen molar-refractivity contribution in [1.29, 1.82) is 0 Å². The Morgan fingerprint density at radius 1 is 1.55 bits per heavy atom. The molecule has 20 heavy (non-hydrogen) atoms. The molecule has 2 N–H and O–H groups in total. The predicted octanol–water partition coefficient (Wildman–Crippen LogP) is 1.21. The van der Waals surface area contributed by atoms with Crippen LogP contribution in [0.5, 0.6) is 0 Å². The normalized spacial score (nSPS) is 12.4. The number of methoxy groups -OCH3 is 1. The second-order valence-corrected chi connectivity index (χ2v) is 5.34. The molecule has 7 heteroatoms.